The van der Waals surface area contributed by atoms with E-state index in [0.717, 1.165) is 6.92 Å². The van der Waals surface area contributed by atoms with Gasteiger partial charge in [-0.25, -0.2) is 0 Å². The molecular weight excluding hydrogens is 258 g/mol. The van der Waals surface area contributed by atoms with Crippen LogP contribution in [0.3, 0.4) is 0 Å². The molecular formula is C5H10F2O6S2. The van der Waals surface area contributed by atoms with E-state index in [1.54, 1.807) is 0 Å². The summed E-state index contributed by atoms with van der Waals surface area (Å²) in [5, 5.41) is -4.98. The zero-order chi connectivity index (χ0) is 12.7. The van der Waals surface area contributed by atoms with Gasteiger partial charge in [0.1, 0.15) is 0 Å². The molecule has 0 aromatic heterocycles. The van der Waals surface area contributed by atoms with Gasteiger partial charge in [0, 0.05) is 0 Å². The van der Waals surface area contributed by atoms with Crippen LogP contribution < -0.4 is 0 Å². The molecule has 0 aliphatic rings. The van der Waals surface area contributed by atoms with Crippen molar-refractivity contribution in [3.8, 4) is 0 Å². The molecule has 0 radical (unpaired) electrons. The van der Waals surface area contributed by atoms with Crippen LogP contribution >= 0.6 is 0 Å². The lowest BCUT2D eigenvalue weighted by Crippen LogP contribution is -2.55. The van der Waals surface area contributed by atoms with Crippen LogP contribution in [0.4, 0.5) is 8.78 Å². The smallest absolute Gasteiger partial charge is 0.285 e. The number of halogens is 2. The molecule has 1 atom stereocenters. The molecule has 15 heavy (non-hydrogen) atoms. The average molecular weight is 268 g/mol. The van der Waals surface area contributed by atoms with Gasteiger partial charge in [-0.1, -0.05) is 6.92 Å². The molecule has 1 unspecified atom stereocenters. The van der Waals surface area contributed by atoms with Gasteiger partial charge in [0.25, 0.3) is 10.1 Å². The highest BCUT2D eigenvalue weighted by Gasteiger charge is 2.65. The minimum atomic E-state index is -5.93. The Kier molecular flexibility index (Phi) is 3.53. The fraction of sp³-hybridized carbons (Fsp3) is 1.00. The van der Waals surface area contributed by atoms with Crippen LogP contribution in [-0.4, -0.2) is 35.9 Å². The number of hydrogen-bond donors (Lipinski definition) is 2. The Morgan fingerprint density at radius 2 is 1.40 bits per heavy atom. The van der Waals surface area contributed by atoms with Crippen molar-refractivity contribution in [1.29, 1.82) is 0 Å². The van der Waals surface area contributed by atoms with E-state index in [1.165, 1.54) is 0 Å². The lowest BCUT2D eigenvalue weighted by molar-refractivity contribution is 0.0340. The van der Waals surface area contributed by atoms with Gasteiger partial charge in [0.05, 0.1) is 0 Å². The van der Waals surface area contributed by atoms with Crippen molar-refractivity contribution >= 4 is 20.2 Å². The van der Waals surface area contributed by atoms with Crippen molar-refractivity contribution in [1.82, 2.24) is 0 Å². The first-order valence-corrected chi connectivity index (χ1v) is 6.51. The van der Waals surface area contributed by atoms with Crippen LogP contribution in [0.1, 0.15) is 20.3 Å². The van der Waals surface area contributed by atoms with Gasteiger partial charge in [0.15, 0.2) is 4.75 Å². The van der Waals surface area contributed by atoms with Crippen LogP contribution in [0, 0.1) is 0 Å². The molecule has 0 spiro atoms. The van der Waals surface area contributed by atoms with Crippen LogP contribution in [0.25, 0.3) is 0 Å². The maximum atomic E-state index is 13.1. The Bertz CT molecular complexity index is 438. The summed E-state index contributed by atoms with van der Waals surface area (Å²) in [4.78, 5) is 0. The van der Waals surface area contributed by atoms with Crippen LogP contribution in [0.2, 0.25) is 0 Å². The minimum absolute atomic E-state index is 0.329. The van der Waals surface area contributed by atoms with Crippen molar-refractivity contribution in [3.05, 3.63) is 0 Å². The van der Waals surface area contributed by atoms with Crippen LogP contribution in [-0.2, 0) is 20.2 Å². The Morgan fingerprint density at radius 1 is 1.07 bits per heavy atom. The second kappa shape index (κ2) is 3.61. The van der Waals surface area contributed by atoms with Gasteiger partial charge in [-0.05, 0) is 13.3 Å². The monoisotopic (exact) mass is 268 g/mol. The lowest BCUT2D eigenvalue weighted by atomic mass is 10.1. The fourth-order valence-electron chi connectivity index (χ4n) is 0.811. The van der Waals surface area contributed by atoms with Crippen molar-refractivity contribution < 1.29 is 34.7 Å². The van der Waals surface area contributed by atoms with E-state index >= 15 is 0 Å². The Labute approximate surface area is 85.8 Å². The molecule has 0 aliphatic heterocycles. The highest BCUT2D eigenvalue weighted by atomic mass is 32.2. The molecule has 0 aliphatic carbocycles. The van der Waals surface area contributed by atoms with E-state index in [2.05, 4.69) is 0 Å². The molecule has 0 aromatic carbocycles. The number of hydrogen-bond acceptors (Lipinski definition) is 4. The molecule has 92 valence electrons. The molecule has 0 aromatic rings. The molecule has 6 nitrogen and oxygen atoms in total. The largest absolute Gasteiger partial charge is 0.391 e. The first kappa shape index (κ1) is 14.7. The normalized spacial score (nSPS) is 18.5. The summed E-state index contributed by atoms with van der Waals surface area (Å²) in [6.07, 6.45) is -0.890. The molecule has 0 rings (SSSR count). The van der Waals surface area contributed by atoms with Gasteiger partial charge in [0.2, 0.25) is 0 Å². The lowest BCUT2D eigenvalue weighted by Gasteiger charge is -2.30. The second-order valence-electron chi connectivity index (χ2n) is 3.05. The van der Waals surface area contributed by atoms with E-state index < -0.39 is 36.7 Å². The third-order valence-electron chi connectivity index (χ3n) is 2.18. The van der Waals surface area contributed by atoms with Gasteiger partial charge in [-0.15, -0.1) is 0 Å². The summed E-state index contributed by atoms with van der Waals surface area (Å²) in [5.74, 6) is 0. The molecule has 0 heterocycles. The molecule has 0 amide bonds. The SMILES string of the molecule is CCC(C)(C(F)(F)S(=O)(=O)O)S(=O)(=O)O. The summed E-state index contributed by atoms with van der Waals surface area (Å²) < 4.78 is 81.7. The zero-order valence-electron chi connectivity index (χ0n) is 7.81. The molecule has 0 fully saturated rings. The van der Waals surface area contributed by atoms with Gasteiger partial charge < -0.3 is 0 Å². The van der Waals surface area contributed by atoms with Crippen molar-refractivity contribution in [2.24, 2.45) is 0 Å². The average Bonchev–Trinajstić information content (AvgIpc) is 1.98. The number of rotatable bonds is 4. The quantitative estimate of drug-likeness (QED) is 0.719. The van der Waals surface area contributed by atoms with Crippen molar-refractivity contribution in [2.75, 3.05) is 0 Å². The molecule has 10 heteroatoms. The zero-order valence-corrected chi connectivity index (χ0v) is 9.44. The third kappa shape index (κ3) is 2.12. The summed E-state index contributed by atoms with van der Waals surface area (Å²) in [6.45, 7) is 1.27. The maximum absolute atomic E-state index is 13.1. The fourth-order valence-corrected chi connectivity index (χ4v) is 2.80. The van der Waals surface area contributed by atoms with E-state index in [4.69, 9.17) is 9.11 Å². The second-order valence-corrected chi connectivity index (χ2v) is 6.37. The Balaban J connectivity index is 5.96. The summed E-state index contributed by atoms with van der Waals surface area (Å²) in [6, 6.07) is 0. The van der Waals surface area contributed by atoms with Gasteiger partial charge in [-0.2, -0.15) is 25.6 Å². The standard InChI is InChI=1S/C5H10F2O6S2/c1-3-4(2,14(8,9)10)5(6,7)15(11,12)13/h3H2,1-2H3,(H,8,9,10)(H,11,12,13). The van der Waals surface area contributed by atoms with Gasteiger partial charge in [-0.3, -0.25) is 9.11 Å². The first-order chi connectivity index (χ1) is 6.31. The third-order valence-corrected chi connectivity index (χ3v) is 5.10. The van der Waals surface area contributed by atoms with E-state index in [9.17, 15) is 25.6 Å². The highest BCUT2D eigenvalue weighted by Crippen LogP contribution is 2.41. The van der Waals surface area contributed by atoms with E-state index in [-0.39, 0.29) is 0 Å². The van der Waals surface area contributed by atoms with Gasteiger partial charge >= 0.3 is 15.4 Å². The summed E-state index contributed by atoms with van der Waals surface area (Å²) in [5.41, 5.74) is 0. The summed E-state index contributed by atoms with van der Waals surface area (Å²) >= 11 is 0. The van der Waals surface area contributed by atoms with Crippen LogP contribution in [0.15, 0.2) is 0 Å². The Morgan fingerprint density at radius 3 is 1.47 bits per heavy atom. The number of alkyl halides is 2. The molecule has 0 saturated carbocycles. The topological polar surface area (TPSA) is 109 Å². The van der Waals surface area contributed by atoms with Crippen LogP contribution in [0.5, 0.6) is 0 Å². The molecule has 2 N–H and O–H groups in total. The Hall–Kier alpha value is -0.320. The predicted molar refractivity (Wildman–Crippen MR) is 46.7 cm³/mol. The molecule has 0 bridgehead atoms. The minimum Gasteiger partial charge on any atom is -0.285 e. The van der Waals surface area contributed by atoms with E-state index in [0.29, 0.717) is 6.92 Å². The molecule has 0 saturated heterocycles. The van der Waals surface area contributed by atoms with Crippen molar-refractivity contribution in [2.45, 2.75) is 30.3 Å². The van der Waals surface area contributed by atoms with E-state index in [1.807, 2.05) is 0 Å². The van der Waals surface area contributed by atoms with Crippen molar-refractivity contribution in [3.63, 3.8) is 0 Å². The maximum Gasteiger partial charge on any atom is 0.391 e. The summed E-state index contributed by atoms with van der Waals surface area (Å²) in [7, 11) is -11.3. The first-order valence-electron chi connectivity index (χ1n) is 3.63. The predicted octanol–water partition coefficient (Wildman–Crippen LogP) is 0.524. The highest BCUT2D eigenvalue weighted by molar-refractivity contribution is 7.91.